The van der Waals surface area contributed by atoms with Gasteiger partial charge < -0.3 is 4.74 Å². The minimum atomic E-state index is -0.372. The highest BCUT2D eigenvalue weighted by molar-refractivity contribution is 6.44. The van der Waals surface area contributed by atoms with E-state index in [4.69, 9.17) is 27.9 Å². The average Bonchev–Trinajstić information content (AvgIpc) is 2.04. The first kappa shape index (κ1) is 13.1. The summed E-state index contributed by atoms with van der Waals surface area (Å²) >= 11 is 11.0. The zero-order chi connectivity index (χ0) is 10.1. The minimum Gasteiger partial charge on any atom is -0.466 e. The molecule has 0 aromatic heterocycles. The SMILES string of the molecule is CCCCOC(=O)CCCC(Cl)Cl. The molecule has 4 heteroatoms. The lowest BCUT2D eigenvalue weighted by molar-refractivity contribution is -0.143. The quantitative estimate of drug-likeness (QED) is 0.379. The molecule has 0 unspecified atom stereocenters. The molecular weight excluding hydrogens is 211 g/mol. The number of esters is 1. The summed E-state index contributed by atoms with van der Waals surface area (Å²) < 4.78 is 4.94. The number of carbonyl (C=O) groups excluding carboxylic acids is 1. The third kappa shape index (κ3) is 9.97. The maximum atomic E-state index is 11.0. The standard InChI is InChI=1S/C9H16Cl2O2/c1-2-3-7-13-9(12)6-4-5-8(10)11/h8H,2-7H2,1H3. The first-order chi connectivity index (χ1) is 6.16. The van der Waals surface area contributed by atoms with Crippen LogP contribution in [0.5, 0.6) is 0 Å². The lowest BCUT2D eigenvalue weighted by Crippen LogP contribution is -2.05. The van der Waals surface area contributed by atoms with Crippen molar-refractivity contribution >= 4 is 29.2 Å². The van der Waals surface area contributed by atoms with E-state index in [1.807, 2.05) is 0 Å². The second-order valence-electron chi connectivity index (χ2n) is 2.86. The number of halogens is 2. The number of hydrogen-bond donors (Lipinski definition) is 0. The van der Waals surface area contributed by atoms with Gasteiger partial charge in [0.1, 0.15) is 4.84 Å². The van der Waals surface area contributed by atoms with E-state index >= 15 is 0 Å². The van der Waals surface area contributed by atoms with Crippen molar-refractivity contribution in [2.24, 2.45) is 0 Å². The van der Waals surface area contributed by atoms with Crippen molar-refractivity contribution in [2.45, 2.75) is 43.9 Å². The van der Waals surface area contributed by atoms with Gasteiger partial charge >= 0.3 is 5.97 Å². The Hall–Kier alpha value is 0.0500. The molecule has 0 fully saturated rings. The summed E-state index contributed by atoms with van der Waals surface area (Å²) in [7, 11) is 0. The predicted molar refractivity (Wildman–Crippen MR) is 55.2 cm³/mol. The Balaban J connectivity index is 3.20. The Labute approximate surface area is 89.5 Å². The third-order valence-corrected chi connectivity index (χ3v) is 2.00. The molecular formula is C9H16Cl2O2. The summed E-state index contributed by atoms with van der Waals surface area (Å²) in [5.74, 6) is -0.151. The lowest BCUT2D eigenvalue weighted by atomic mass is 10.2. The molecule has 0 saturated carbocycles. The molecule has 0 saturated heterocycles. The Kier molecular flexibility index (Phi) is 8.67. The van der Waals surface area contributed by atoms with Crippen LogP contribution in [0.15, 0.2) is 0 Å². The molecule has 0 N–H and O–H groups in total. The molecule has 0 rings (SSSR count). The van der Waals surface area contributed by atoms with Crippen molar-refractivity contribution in [1.29, 1.82) is 0 Å². The molecule has 0 bridgehead atoms. The maximum absolute atomic E-state index is 11.0. The van der Waals surface area contributed by atoms with Gasteiger partial charge in [0.05, 0.1) is 6.61 Å². The van der Waals surface area contributed by atoms with Crippen LogP contribution in [-0.4, -0.2) is 17.4 Å². The van der Waals surface area contributed by atoms with E-state index in [0.29, 0.717) is 25.9 Å². The zero-order valence-corrected chi connectivity index (χ0v) is 9.40. The molecule has 0 aliphatic rings. The lowest BCUT2D eigenvalue weighted by Gasteiger charge is -2.03. The fourth-order valence-corrected chi connectivity index (χ4v) is 1.11. The normalized spacial score (nSPS) is 10.5. The topological polar surface area (TPSA) is 26.3 Å². The predicted octanol–water partition coefficient (Wildman–Crippen LogP) is 3.30. The van der Waals surface area contributed by atoms with E-state index in [-0.39, 0.29) is 10.8 Å². The van der Waals surface area contributed by atoms with Gasteiger partial charge in [0, 0.05) is 6.42 Å². The number of unbranched alkanes of at least 4 members (excludes halogenated alkanes) is 1. The summed E-state index contributed by atoms with van der Waals surface area (Å²) in [6.45, 7) is 2.58. The van der Waals surface area contributed by atoms with E-state index in [2.05, 4.69) is 6.92 Å². The smallest absolute Gasteiger partial charge is 0.305 e. The van der Waals surface area contributed by atoms with Crippen LogP contribution < -0.4 is 0 Å². The van der Waals surface area contributed by atoms with Crippen LogP contribution >= 0.6 is 23.2 Å². The monoisotopic (exact) mass is 226 g/mol. The molecule has 0 amide bonds. The van der Waals surface area contributed by atoms with Crippen molar-refractivity contribution in [3.05, 3.63) is 0 Å². The van der Waals surface area contributed by atoms with Gasteiger partial charge in [-0.25, -0.2) is 0 Å². The summed E-state index contributed by atoms with van der Waals surface area (Å²) in [4.78, 5) is 10.6. The maximum Gasteiger partial charge on any atom is 0.305 e. The number of carbonyl (C=O) groups is 1. The highest BCUT2D eigenvalue weighted by Crippen LogP contribution is 2.11. The molecule has 0 heterocycles. The molecule has 0 aliphatic heterocycles. The summed E-state index contributed by atoms with van der Waals surface area (Å²) in [5.41, 5.74) is 0. The molecule has 78 valence electrons. The Morgan fingerprint density at radius 1 is 1.38 bits per heavy atom. The van der Waals surface area contributed by atoms with Crippen LogP contribution in [0.3, 0.4) is 0 Å². The fraction of sp³-hybridized carbons (Fsp3) is 0.889. The zero-order valence-electron chi connectivity index (χ0n) is 7.89. The van der Waals surface area contributed by atoms with Crippen molar-refractivity contribution in [2.75, 3.05) is 6.61 Å². The molecule has 13 heavy (non-hydrogen) atoms. The number of rotatable bonds is 7. The van der Waals surface area contributed by atoms with Crippen LogP contribution in [0.2, 0.25) is 0 Å². The third-order valence-electron chi connectivity index (χ3n) is 1.56. The van der Waals surface area contributed by atoms with Gasteiger partial charge in [0.25, 0.3) is 0 Å². The molecule has 0 aromatic rings. The summed E-state index contributed by atoms with van der Waals surface area (Å²) in [5, 5.41) is 0. The molecule has 2 nitrogen and oxygen atoms in total. The Morgan fingerprint density at radius 2 is 2.08 bits per heavy atom. The highest BCUT2D eigenvalue weighted by Gasteiger charge is 2.04. The minimum absolute atomic E-state index is 0.151. The van der Waals surface area contributed by atoms with Crippen LogP contribution in [0.4, 0.5) is 0 Å². The van der Waals surface area contributed by atoms with Gasteiger partial charge in [-0.3, -0.25) is 4.79 Å². The van der Waals surface area contributed by atoms with Crippen LogP contribution in [-0.2, 0) is 9.53 Å². The van der Waals surface area contributed by atoms with Gasteiger partial charge in [-0.05, 0) is 19.3 Å². The van der Waals surface area contributed by atoms with E-state index in [1.165, 1.54) is 0 Å². The van der Waals surface area contributed by atoms with Crippen LogP contribution in [0, 0.1) is 0 Å². The van der Waals surface area contributed by atoms with E-state index < -0.39 is 0 Å². The molecule has 0 radical (unpaired) electrons. The van der Waals surface area contributed by atoms with Gasteiger partial charge in [0.15, 0.2) is 0 Å². The Bertz CT molecular complexity index is 138. The first-order valence-corrected chi connectivity index (χ1v) is 5.48. The van der Waals surface area contributed by atoms with Gasteiger partial charge in [-0.2, -0.15) is 0 Å². The number of ether oxygens (including phenoxy) is 1. The average molecular weight is 227 g/mol. The number of hydrogen-bond acceptors (Lipinski definition) is 2. The Morgan fingerprint density at radius 3 is 2.62 bits per heavy atom. The van der Waals surface area contributed by atoms with Gasteiger partial charge in [-0.15, -0.1) is 23.2 Å². The fourth-order valence-electron chi connectivity index (χ4n) is 0.803. The molecule has 0 spiro atoms. The van der Waals surface area contributed by atoms with Crippen molar-refractivity contribution < 1.29 is 9.53 Å². The second kappa shape index (κ2) is 8.64. The van der Waals surface area contributed by atoms with Gasteiger partial charge in [0.2, 0.25) is 0 Å². The van der Waals surface area contributed by atoms with Gasteiger partial charge in [-0.1, -0.05) is 13.3 Å². The molecule has 0 atom stereocenters. The van der Waals surface area contributed by atoms with Crippen molar-refractivity contribution in [1.82, 2.24) is 0 Å². The van der Waals surface area contributed by atoms with Crippen LogP contribution in [0.1, 0.15) is 39.0 Å². The summed E-state index contributed by atoms with van der Waals surface area (Å²) in [6.07, 6.45) is 3.73. The van der Waals surface area contributed by atoms with E-state index in [0.717, 1.165) is 12.8 Å². The van der Waals surface area contributed by atoms with E-state index in [1.54, 1.807) is 0 Å². The molecule has 0 aromatic carbocycles. The van der Waals surface area contributed by atoms with Crippen molar-refractivity contribution in [3.8, 4) is 0 Å². The molecule has 0 aliphatic carbocycles. The number of alkyl halides is 2. The first-order valence-electron chi connectivity index (χ1n) is 4.60. The largest absolute Gasteiger partial charge is 0.466 e. The van der Waals surface area contributed by atoms with E-state index in [9.17, 15) is 4.79 Å². The van der Waals surface area contributed by atoms with Crippen molar-refractivity contribution in [3.63, 3.8) is 0 Å². The highest BCUT2D eigenvalue weighted by atomic mass is 35.5. The van der Waals surface area contributed by atoms with Crippen LogP contribution in [0.25, 0.3) is 0 Å². The summed E-state index contributed by atoms with van der Waals surface area (Å²) in [6, 6.07) is 0. The second-order valence-corrected chi connectivity index (χ2v) is 4.13.